The second-order valence-electron chi connectivity index (χ2n) is 20.3. The number of nitrogen functional groups attached to an aromatic ring is 1. The number of fused-ring (bicyclic) bond motifs is 1. The number of ether oxygens (including phenoxy) is 10. The number of nitrogens with zero attached hydrogens (tertiary/aromatic N) is 6. The van der Waals surface area contributed by atoms with Crippen LogP contribution in [0, 0.1) is 40.5 Å². The van der Waals surface area contributed by atoms with Gasteiger partial charge in [0, 0.05) is 116 Å². The number of carbonyl (C=O) groups excluding carboxylic acids is 5. The quantitative estimate of drug-likeness (QED) is 0.00929. The number of benzene rings is 5. The van der Waals surface area contributed by atoms with Gasteiger partial charge in [-0.3, -0.25) is 40.5 Å². The highest BCUT2D eigenvalue weighted by Crippen LogP contribution is 2.41. The Hall–Kier alpha value is -12.4. The molecule has 5 aromatic carbocycles. The highest BCUT2D eigenvalue weighted by molar-refractivity contribution is 5.92. The molecule has 542 valence electrons. The molecule has 1 aliphatic rings. The molecule has 1 aromatic heterocycles. The summed E-state index contributed by atoms with van der Waals surface area (Å²) in [4.78, 5) is 101. The molecule has 0 unspecified atom stereocenters. The number of esters is 5. The minimum absolute atomic E-state index is 0.0614. The van der Waals surface area contributed by atoms with Gasteiger partial charge in [0.05, 0.1) is 128 Å². The van der Waals surface area contributed by atoms with Crippen molar-refractivity contribution in [3.05, 3.63) is 171 Å². The van der Waals surface area contributed by atoms with E-state index in [1.165, 1.54) is 108 Å². The van der Waals surface area contributed by atoms with E-state index in [1.54, 1.807) is 59.2 Å². The number of aromatic nitrogens is 2. The normalized spacial score (nSPS) is 11.8. The molecule has 0 bridgehead atoms. The Labute approximate surface area is 580 Å². The molecule has 33 nitrogen and oxygen atoms in total. The summed E-state index contributed by atoms with van der Waals surface area (Å²) in [7, 11) is 11.7. The van der Waals surface area contributed by atoms with Crippen molar-refractivity contribution in [2.75, 3.05) is 99.0 Å². The lowest BCUT2D eigenvalue weighted by Crippen LogP contribution is -2.45. The van der Waals surface area contributed by atoms with Crippen molar-refractivity contribution in [1.82, 2.24) is 9.55 Å². The van der Waals surface area contributed by atoms with Gasteiger partial charge in [-0.05, 0) is 102 Å². The topological polar surface area (TPSA) is 444 Å². The van der Waals surface area contributed by atoms with Gasteiger partial charge in [-0.2, -0.15) is 0 Å². The van der Waals surface area contributed by atoms with E-state index in [9.17, 15) is 64.4 Å². The van der Waals surface area contributed by atoms with E-state index in [1.807, 2.05) is 37.6 Å². The third-order valence-corrected chi connectivity index (χ3v) is 14.0. The number of imidazole rings is 1. The third kappa shape index (κ3) is 24.9. The lowest BCUT2D eigenvalue weighted by molar-refractivity contribution is -0.422. The van der Waals surface area contributed by atoms with Gasteiger partial charge in [0.2, 0.25) is 0 Å². The number of hydrogen-bond donors (Lipinski definition) is 4. The largest absolute Gasteiger partial charge is 0.493 e. The first-order valence-electron chi connectivity index (χ1n) is 30.7. The zero-order chi connectivity index (χ0) is 75.5. The first-order valence-corrected chi connectivity index (χ1v) is 30.7. The van der Waals surface area contributed by atoms with E-state index in [2.05, 4.69) is 34.3 Å². The molecule has 33 heteroatoms. The van der Waals surface area contributed by atoms with Crippen LogP contribution >= 0.6 is 0 Å². The summed E-state index contributed by atoms with van der Waals surface area (Å²) < 4.78 is 51.7. The van der Waals surface area contributed by atoms with Gasteiger partial charge in [-0.15, -0.1) is 0 Å². The molecule has 6 N–H and O–H groups in total. The van der Waals surface area contributed by atoms with Crippen LogP contribution in [0.15, 0.2) is 97.1 Å². The maximum atomic E-state index is 11.4. The molecular formula is C68H82N10O23. The Morgan fingerprint density at radius 3 is 1.20 bits per heavy atom. The average Bonchev–Trinajstić information content (AvgIpc) is 1.60. The molecular weight excluding hydrogens is 1320 g/mol. The molecule has 101 heavy (non-hydrogen) atoms. The number of methoxy groups -OCH3 is 5. The van der Waals surface area contributed by atoms with Gasteiger partial charge >= 0.3 is 41.2 Å². The summed E-state index contributed by atoms with van der Waals surface area (Å²) in [6.07, 6.45) is 16.6. The summed E-state index contributed by atoms with van der Waals surface area (Å²) in [6, 6.07) is 16.4. The van der Waals surface area contributed by atoms with Crippen molar-refractivity contribution < 1.29 is 91.0 Å². The van der Waals surface area contributed by atoms with Crippen LogP contribution in [0.4, 0.5) is 39.8 Å². The monoisotopic (exact) mass is 1410 g/mol. The summed E-state index contributed by atoms with van der Waals surface area (Å²) in [5.41, 5.74) is 16.7. The van der Waals surface area contributed by atoms with Crippen molar-refractivity contribution in [2.24, 2.45) is 12.8 Å². The molecule has 1 fully saturated rings. The minimum atomic E-state index is -0.872. The molecule has 0 aliphatic heterocycles. The van der Waals surface area contributed by atoms with Gasteiger partial charge in [-0.1, -0.05) is 0 Å². The Kier molecular flexibility index (Phi) is 34.1. The number of rotatable bonds is 27. The average molecular weight is 1410 g/mol. The number of nitrogens with one attached hydrogen (secondary N) is 2. The molecule has 0 spiro atoms. The molecule has 7 rings (SSSR count). The highest BCUT2D eigenvalue weighted by Gasteiger charge is 2.39. The van der Waals surface area contributed by atoms with Crippen LogP contribution in [0.25, 0.3) is 41.4 Å². The third-order valence-electron chi connectivity index (χ3n) is 14.0. The van der Waals surface area contributed by atoms with Crippen molar-refractivity contribution >= 4 is 111 Å². The van der Waals surface area contributed by atoms with E-state index in [-0.39, 0.29) is 34.8 Å². The lowest BCUT2D eigenvalue weighted by Gasteiger charge is -2.37. The van der Waals surface area contributed by atoms with Crippen LogP contribution in [-0.4, -0.2) is 142 Å². The first kappa shape index (κ1) is 82.8. The van der Waals surface area contributed by atoms with Crippen molar-refractivity contribution in [3.63, 3.8) is 0 Å². The van der Waals surface area contributed by atoms with Crippen molar-refractivity contribution in [2.45, 2.75) is 59.4 Å². The molecule has 1 aliphatic carbocycles. The molecule has 6 aromatic rings. The first-order chi connectivity index (χ1) is 48.1. The molecule has 1 saturated carbocycles. The molecule has 1 heterocycles. The summed E-state index contributed by atoms with van der Waals surface area (Å²) in [6.45, 7) is 11.1. The number of nitro groups is 4. The molecule has 0 atom stereocenters. The fourth-order valence-corrected chi connectivity index (χ4v) is 8.92. The SMILES string of the molecule is CCOc1cc(NC)c(N)cc1/C=C/C(=O)OC.CCOc1cc(NC)c([N+](=O)[O-])cc1/C=C/C(=O)OC.CCOc1cc([N+](=O)[O-])c([N+](=O)[O-])cc1/C=C/C(=O)OC.CCOc1cc([N+](=O)[O-])ccc1/C=C/C(=O)OC.CCOc1cc2c(cc1/C=C/C(=O)OC)nc(C1(N)CCC1)n2C. The maximum Gasteiger partial charge on any atom is 0.349 e. The van der Waals surface area contributed by atoms with Gasteiger partial charge in [0.25, 0.3) is 11.4 Å². The van der Waals surface area contributed by atoms with Crippen LogP contribution in [0.2, 0.25) is 0 Å². The number of nitrogens with two attached hydrogens (primary N) is 2. The lowest BCUT2D eigenvalue weighted by atomic mass is 9.77. The van der Waals surface area contributed by atoms with Gasteiger partial charge in [0.1, 0.15) is 40.3 Å². The standard InChI is InChI=1S/C18H23N3O3.C13H16N2O5.C13H18N2O3.C12H12N2O7.C12H13NO5/c1-4-24-15-11-14-13(10-12(15)6-7-16(22)23-3)20-17(21(14)2)18(19)8-5-9-18;1-4-20-12-8-10(14-2)11(15(17)18)7-9(12)5-6-13(16)19-3;1-4-18-12-8-11(15-2)10(14)7-9(12)5-6-13(16)17-3;1-3-21-11-7-10(14(18)19)9(13(16)17)6-8(11)4-5-12(15)20-2;1-3-18-11-8-10(13(15)16)6-4-9(11)5-7-12(14)17-2/h6-7,10-11H,4-5,8-9,19H2,1-3H3;5-8,14H,4H2,1-3H3;5-8,15H,4,14H2,1-3H3;4-7H,3H2,1-2H3;4-8H,3H2,1-2H3/b7-6+;2*6-5+;5-4+;7-5+. The fraction of sp³-hybridized carbons (Fsp3) is 0.324. The van der Waals surface area contributed by atoms with Crippen molar-refractivity contribution in [1.29, 1.82) is 0 Å². The van der Waals surface area contributed by atoms with E-state index in [0.29, 0.717) is 71.9 Å². The smallest absolute Gasteiger partial charge is 0.349 e. The zero-order valence-corrected chi connectivity index (χ0v) is 58.0. The zero-order valence-electron chi connectivity index (χ0n) is 58.0. The summed E-state index contributed by atoms with van der Waals surface area (Å²) >= 11 is 0. The van der Waals surface area contributed by atoms with Crippen LogP contribution in [0.5, 0.6) is 28.7 Å². The van der Waals surface area contributed by atoms with Gasteiger partial charge in [0.15, 0.2) is 0 Å². The van der Waals surface area contributed by atoms with Crippen molar-refractivity contribution in [3.8, 4) is 28.7 Å². The van der Waals surface area contributed by atoms with Crippen LogP contribution in [0.1, 0.15) is 87.5 Å². The van der Waals surface area contributed by atoms with Crippen LogP contribution in [-0.2, 0) is 60.2 Å². The molecule has 0 saturated heterocycles. The number of anilines is 3. The maximum absolute atomic E-state index is 11.4. The Morgan fingerprint density at radius 2 is 0.832 bits per heavy atom. The second kappa shape index (κ2) is 41.6. The predicted molar refractivity (Wildman–Crippen MR) is 377 cm³/mol. The van der Waals surface area contributed by atoms with E-state index in [4.69, 9.17) is 40.1 Å². The number of non-ortho nitro benzene ring substituents is 1. The van der Waals surface area contributed by atoms with E-state index in [0.717, 1.165) is 71.1 Å². The number of hydrogen-bond acceptors (Lipinski definition) is 28. The van der Waals surface area contributed by atoms with Gasteiger partial charge in [-0.25, -0.2) is 29.0 Å². The molecule has 0 radical (unpaired) electrons. The van der Waals surface area contributed by atoms with Gasteiger partial charge < -0.3 is 74.0 Å². The molecule has 0 amide bonds. The van der Waals surface area contributed by atoms with Crippen LogP contribution in [0.3, 0.4) is 0 Å². The number of aryl methyl sites for hydroxylation is 1. The highest BCUT2D eigenvalue weighted by atomic mass is 16.6. The Bertz CT molecular complexity index is 4080. The minimum Gasteiger partial charge on any atom is -0.493 e. The van der Waals surface area contributed by atoms with E-state index < -0.39 is 60.9 Å². The van der Waals surface area contributed by atoms with E-state index >= 15 is 0 Å². The van der Waals surface area contributed by atoms with Crippen LogP contribution < -0.4 is 45.8 Å². The summed E-state index contributed by atoms with van der Waals surface area (Å²) in [5.74, 6) is 0.589. The predicted octanol–water partition coefficient (Wildman–Crippen LogP) is 10.9. The number of carbonyl (C=O) groups is 5. The summed E-state index contributed by atoms with van der Waals surface area (Å²) in [5, 5.41) is 49.1. The second-order valence-corrected chi connectivity index (χ2v) is 20.3. The Balaban J connectivity index is 0.000000330. The number of nitro benzene ring substituents is 4. The fourth-order valence-electron chi connectivity index (χ4n) is 8.92. The Morgan fingerprint density at radius 1 is 0.485 bits per heavy atom.